The Morgan fingerprint density at radius 1 is 1.43 bits per heavy atom. The van der Waals surface area contributed by atoms with Gasteiger partial charge in [-0.3, -0.25) is 4.98 Å². The highest BCUT2D eigenvalue weighted by Crippen LogP contribution is 2.28. The maximum atomic E-state index is 11.9. The SMILES string of the molecule is CCCCC(Nc1ccc(Cl)c2cccnc12)C(=O)OC. The van der Waals surface area contributed by atoms with Gasteiger partial charge in [0.1, 0.15) is 6.04 Å². The van der Waals surface area contributed by atoms with E-state index in [-0.39, 0.29) is 12.0 Å². The zero-order valence-corrected chi connectivity index (χ0v) is 13.0. The van der Waals surface area contributed by atoms with Crippen molar-refractivity contribution in [2.45, 2.75) is 32.2 Å². The van der Waals surface area contributed by atoms with Gasteiger partial charge in [-0.25, -0.2) is 4.79 Å². The average Bonchev–Trinajstić information content (AvgIpc) is 2.53. The first-order chi connectivity index (χ1) is 10.2. The van der Waals surface area contributed by atoms with E-state index in [1.165, 1.54) is 7.11 Å². The van der Waals surface area contributed by atoms with Crippen LogP contribution in [0.25, 0.3) is 10.9 Å². The van der Waals surface area contributed by atoms with Gasteiger partial charge in [-0.1, -0.05) is 31.4 Å². The summed E-state index contributed by atoms with van der Waals surface area (Å²) in [5.74, 6) is -0.262. The summed E-state index contributed by atoms with van der Waals surface area (Å²) < 4.78 is 4.87. The lowest BCUT2D eigenvalue weighted by molar-refractivity contribution is -0.141. The van der Waals surface area contributed by atoms with Gasteiger partial charge in [-0.15, -0.1) is 0 Å². The second kappa shape index (κ2) is 7.27. The summed E-state index contributed by atoms with van der Waals surface area (Å²) in [4.78, 5) is 16.3. The number of nitrogens with one attached hydrogen (secondary N) is 1. The highest BCUT2D eigenvalue weighted by molar-refractivity contribution is 6.35. The van der Waals surface area contributed by atoms with Crippen molar-refractivity contribution in [3.63, 3.8) is 0 Å². The van der Waals surface area contributed by atoms with Crippen molar-refractivity contribution in [1.82, 2.24) is 4.98 Å². The first-order valence-corrected chi connectivity index (χ1v) is 7.42. The number of methoxy groups -OCH3 is 1. The quantitative estimate of drug-likeness (QED) is 0.819. The predicted octanol–water partition coefficient (Wildman–Crippen LogP) is 4.03. The van der Waals surface area contributed by atoms with Crippen LogP contribution in [0.5, 0.6) is 0 Å². The number of ether oxygens (including phenoxy) is 1. The van der Waals surface area contributed by atoms with Crippen LogP contribution in [-0.4, -0.2) is 24.1 Å². The monoisotopic (exact) mass is 306 g/mol. The summed E-state index contributed by atoms with van der Waals surface area (Å²) in [7, 11) is 1.40. The van der Waals surface area contributed by atoms with E-state index in [1.54, 1.807) is 6.20 Å². The Kier molecular flexibility index (Phi) is 5.39. The number of anilines is 1. The van der Waals surface area contributed by atoms with Crippen LogP contribution < -0.4 is 5.32 Å². The van der Waals surface area contributed by atoms with E-state index in [9.17, 15) is 4.79 Å². The molecule has 1 unspecified atom stereocenters. The number of hydrogen-bond acceptors (Lipinski definition) is 4. The Bertz CT molecular complexity index is 631. The molecule has 0 fully saturated rings. The van der Waals surface area contributed by atoms with Crippen molar-refractivity contribution in [3.05, 3.63) is 35.5 Å². The molecule has 1 heterocycles. The molecule has 1 aromatic carbocycles. The molecule has 5 heteroatoms. The summed E-state index contributed by atoms with van der Waals surface area (Å²) >= 11 is 6.18. The standard InChI is InChI=1S/C16H19ClN2O2/c1-3-4-7-14(16(20)21-2)19-13-9-8-12(17)11-6-5-10-18-15(11)13/h5-6,8-10,14,19H,3-4,7H2,1-2H3. The van der Waals surface area contributed by atoms with E-state index in [4.69, 9.17) is 16.3 Å². The van der Waals surface area contributed by atoms with Crippen molar-refractivity contribution in [2.75, 3.05) is 12.4 Å². The number of esters is 1. The number of halogens is 1. The van der Waals surface area contributed by atoms with Crippen molar-refractivity contribution in [2.24, 2.45) is 0 Å². The fourth-order valence-electron chi connectivity index (χ4n) is 2.24. The smallest absolute Gasteiger partial charge is 0.328 e. The van der Waals surface area contributed by atoms with E-state index < -0.39 is 0 Å². The van der Waals surface area contributed by atoms with E-state index in [2.05, 4.69) is 17.2 Å². The third-order valence-electron chi connectivity index (χ3n) is 3.38. The number of carbonyl (C=O) groups excluding carboxylic acids is 1. The summed E-state index contributed by atoms with van der Waals surface area (Å²) in [5.41, 5.74) is 1.55. The van der Waals surface area contributed by atoms with Crippen molar-refractivity contribution in [1.29, 1.82) is 0 Å². The van der Waals surface area contributed by atoms with E-state index in [1.807, 2.05) is 24.3 Å². The Hall–Kier alpha value is -1.81. The first kappa shape index (κ1) is 15.6. The fourth-order valence-corrected chi connectivity index (χ4v) is 2.46. The van der Waals surface area contributed by atoms with E-state index >= 15 is 0 Å². The molecule has 1 aromatic heterocycles. The molecule has 0 saturated heterocycles. The molecule has 1 atom stereocenters. The maximum absolute atomic E-state index is 11.9. The molecule has 0 aliphatic carbocycles. The number of fused-ring (bicyclic) bond motifs is 1. The largest absolute Gasteiger partial charge is 0.467 e. The third kappa shape index (κ3) is 3.64. The van der Waals surface area contributed by atoms with Gasteiger partial charge in [0.2, 0.25) is 0 Å². The van der Waals surface area contributed by atoms with Crippen LogP contribution in [0.4, 0.5) is 5.69 Å². The topological polar surface area (TPSA) is 51.2 Å². The molecule has 2 rings (SSSR count). The molecule has 0 aliphatic heterocycles. The van der Waals surface area contributed by atoms with Crippen LogP contribution in [0.3, 0.4) is 0 Å². The van der Waals surface area contributed by atoms with E-state index in [0.717, 1.165) is 35.9 Å². The van der Waals surface area contributed by atoms with Crippen LogP contribution in [-0.2, 0) is 9.53 Å². The molecule has 0 amide bonds. The van der Waals surface area contributed by atoms with Gasteiger partial charge in [0.15, 0.2) is 0 Å². The number of hydrogen-bond donors (Lipinski definition) is 1. The zero-order valence-electron chi connectivity index (χ0n) is 12.2. The van der Waals surface area contributed by atoms with E-state index in [0.29, 0.717) is 5.02 Å². The number of aromatic nitrogens is 1. The first-order valence-electron chi connectivity index (χ1n) is 7.05. The van der Waals surface area contributed by atoms with Gasteiger partial charge < -0.3 is 10.1 Å². The molecular formula is C16H19ClN2O2. The lowest BCUT2D eigenvalue weighted by atomic mass is 10.1. The molecule has 0 saturated carbocycles. The molecule has 4 nitrogen and oxygen atoms in total. The lowest BCUT2D eigenvalue weighted by Gasteiger charge is -2.18. The van der Waals surface area contributed by atoms with Gasteiger partial charge in [-0.05, 0) is 30.7 Å². The highest BCUT2D eigenvalue weighted by atomic mass is 35.5. The molecule has 2 aromatic rings. The Morgan fingerprint density at radius 2 is 2.24 bits per heavy atom. The Balaban J connectivity index is 2.32. The van der Waals surface area contributed by atoms with Crippen LogP contribution in [0.1, 0.15) is 26.2 Å². The van der Waals surface area contributed by atoms with Crippen molar-refractivity contribution < 1.29 is 9.53 Å². The number of benzene rings is 1. The molecule has 0 bridgehead atoms. The number of rotatable bonds is 6. The van der Waals surface area contributed by atoms with Gasteiger partial charge in [-0.2, -0.15) is 0 Å². The third-order valence-corrected chi connectivity index (χ3v) is 3.71. The normalized spacial score (nSPS) is 12.1. The summed E-state index contributed by atoms with van der Waals surface area (Å²) in [6.07, 6.45) is 4.41. The van der Waals surface area contributed by atoms with Crippen LogP contribution >= 0.6 is 11.6 Å². The second-order valence-corrected chi connectivity index (χ2v) is 5.26. The van der Waals surface area contributed by atoms with Gasteiger partial charge in [0, 0.05) is 11.6 Å². The summed E-state index contributed by atoms with van der Waals surface area (Å²) in [6.45, 7) is 2.09. The molecular weight excluding hydrogens is 288 g/mol. The van der Waals surface area contributed by atoms with Crippen LogP contribution in [0.15, 0.2) is 30.5 Å². The second-order valence-electron chi connectivity index (χ2n) is 4.86. The zero-order chi connectivity index (χ0) is 15.2. The molecule has 0 aliphatic rings. The summed E-state index contributed by atoms with van der Waals surface area (Å²) in [6, 6.07) is 7.03. The van der Waals surface area contributed by atoms with Crippen molar-refractivity contribution >= 4 is 34.2 Å². The molecule has 21 heavy (non-hydrogen) atoms. The number of pyridine rings is 1. The van der Waals surface area contributed by atoms with Gasteiger partial charge in [0.05, 0.1) is 23.3 Å². The molecule has 0 spiro atoms. The number of nitrogens with zero attached hydrogens (tertiary/aromatic N) is 1. The predicted molar refractivity (Wildman–Crippen MR) is 85.7 cm³/mol. The van der Waals surface area contributed by atoms with Gasteiger partial charge >= 0.3 is 5.97 Å². The minimum atomic E-state index is -0.374. The van der Waals surface area contributed by atoms with Gasteiger partial charge in [0.25, 0.3) is 0 Å². The Labute approximate surface area is 129 Å². The number of carbonyl (C=O) groups is 1. The molecule has 1 N–H and O–H groups in total. The van der Waals surface area contributed by atoms with Crippen LogP contribution in [0, 0.1) is 0 Å². The lowest BCUT2D eigenvalue weighted by Crippen LogP contribution is -2.30. The number of unbranched alkanes of at least 4 members (excludes halogenated alkanes) is 1. The average molecular weight is 307 g/mol. The van der Waals surface area contributed by atoms with Crippen molar-refractivity contribution in [3.8, 4) is 0 Å². The maximum Gasteiger partial charge on any atom is 0.328 e. The molecule has 0 radical (unpaired) electrons. The summed E-state index contributed by atoms with van der Waals surface area (Å²) in [5, 5.41) is 4.75. The minimum absolute atomic E-state index is 0.262. The molecule has 112 valence electrons. The Morgan fingerprint density at radius 3 is 2.95 bits per heavy atom. The minimum Gasteiger partial charge on any atom is -0.467 e. The fraction of sp³-hybridized carbons (Fsp3) is 0.375. The van der Waals surface area contributed by atoms with Crippen LogP contribution in [0.2, 0.25) is 5.02 Å². The highest BCUT2D eigenvalue weighted by Gasteiger charge is 2.19.